The van der Waals surface area contributed by atoms with Gasteiger partial charge >= 0.3 is 0 Å². The minimum atomic E-state index is 0.746. The van der Waals surface area contributed by atoms with E-state index in [2.05, 4.69) is 30.9 Å². The third-order valence-electron chi connectivity index (χ3n) is 3.89. The molecule has 1 aliphatic rings. The van der Waals surface area contributed by atoms with Gasteiger partial charge in [-0.2, -0.15) is 11.8 Å². The van der Waals surface area contributed by atoms with Crippen LogP contribution in [0.5, 0.6) is 0 Å². The summed E-state index contributed by atoms with van der Waals surface area (Å²) in [5, 5.41) is 4.51. The first-order chi connectivity index (χ1) is 8.81. The second-order valence-corrected chi connectivity index (χ2v) is 6.73. The maximum Gasteiger partial charge on any atom is 0.0470 e. The third-order valence-corrected chi connectivity index (χ3v) is 5.36. The molecule has 3 atom stereocenters. The lowest BCUT2D eigenvalue weighted by atomic mass is 9.83. The molecule has 0 spiro atoms. The van der Waals surface area contributed by atoms with Gasteiger partial charge in [0, 0.05) is 25.0 Å². The first-order valence-electron chi connectivity index (χ1n) is 7.65. The molecule has 0 aliphatic heterocycles. The van der Waals surface area contributed by atoms with Crippen LogP contribution in [-0.2, 0) is 4.74 Å². The van der Waals surface area contributed by atoms with Crippen molar-refractivity contribution in [2.45, 2.75) is 63.7 Å². The van der Waals surface area contributed by atoms with Gasteiger partial charge in [-0.15, -0.1) is 0 Å². The summed E-state index contributed by atoms with van der Waals surface area (Å²) in [5.41, 5.74) is 0. The molecule has 0 aromatic rings. The van der Waals surface area contributed by atoms with E-state index in [1.165, 1.54) is 44.3 Å². The van der Waals surface area contributed by atoms with Gasteiger partial charge in [-0.1, -0.05) is 26.7 Å². The minimum absolute atomic E-state index is 0.746. The van der Waals surface area contributed by atoms with Crippen molar-refractivity contribution in [3.63, 3.8) is 0 Å². The fourth-order valence-electron chi connectivity index (χ4n) is 3.00. The Morgan fingerprint density at radius 1 is 1.28 bits per heavy atom. The van der Waals surface area contributed by atoms with Gasteiger partial charge in [0.2, 0.25) is 0 Å². The van der Waals surface area contributed by atoms with Crippen LogP contribution >= 0.6 is 11.8 Å². The van der Waals surface area contributed by atoms with E-state index in [1.54, 1.807) is 7.11 Å². The molecule has 0 amide bonds. The molecular weight excluding hydrogens is 242 g/mol. The molecule has 1 aliphatic carbocycles. The van der Waals surface area contributed by atoms with Gasteiger partial charge in [0.25, 0.3) is 0 Å². The third kappa shape index (κ3) is 5.94. The summed E-state index contributed by atoms with van der Waals surface area (Å²) in [7, 11) is 1.80. The van der Waals surface area contributed by atoms with Crippen molar-refractivity contribution < 1.29 is 4.74 Å². The number of thioether (sulfide) groups is 1. The van der Waals surface area contributed by atoms with E-state index in [1.807, 2.05) is 0 Å². The fourth-order valence-corrected chi connectivity index (χ4v) is 4.46. The highest BCUT2D eigenvalue weighted by molar-refractivity contribution is 7.99. The van der Waals surface area contributed by atoms with Crippen LogP contribution < -0.4 is 5.32 Å². The average molecular weight is 273 g/mol. The highest BCUT2D eigenvalue weighted by Crippen LogP contribution is 2.35. The molecule has 0 bridgehead atoms. The maximum absolute atomic E-state index is 5.14. The van der Waals surface area contributed by atoms with E-state index in [0.29, 0.717) is 0 Å². The second kappa shape index (κ2) is 10.1. The molecule has 0 saturated heterocycles. The fraction of sp³-hybridized carbons (Fsp3) is 1.00. The van der Waals surface area contributed by atoms with E-state index >= 15 is 0 Å². The van der Waals surface area contributed by atoms with Crippen LogP contribution in [-0.4, -0.2) is 37.3 Å². The zero-order valence-corrected chi connectivity index (χ0v) is 13.2. The predicted octanol–water partition coefficient (Wildman–Crippen LogP) is 3.70. The summed E-state index contributed by atoms with van der Waals surface area (Å²) in [6.07, 6.45) is 8.19. The molecule has 2 nitrogen and oxygen atoms in total. The molecular formula is C15H31NOS. The van der Waals surface area contributed by atoms with Crippen LogP contribution in [0.25, 0.3) is 0 Å². The molecule has 1 fully saturated rings. The monoisotopic (exact) mass is 273 g/mol. The van der Waals surface area contributed by atoms with Crippen LogP contribution in [0.3, 0.4) is 0 Å². The first-order valence-corrected chi connectivity index (χ1v) is 8.70. The maximum atomic E-state index is 5.14. The van der Waals surface area contributed by atoms with Crippen LogP contribution in [0.15, 0.2) is 0 Å². The topological polar surface area (TPSA) is 21.3 Å². The molecule has 3 unspecified atom stereocenters. The highest BCUT2D eigenvalue weighted by Gasteiger charge is 2.29. The molecule has 0 aromatic carbocycles. The minimum Gasteiger partial charge on any atom is -0.385 e. The van der Waals surface area contributed by atoms with Crippen molar-refractivity contribution in [3.8, 4) is 0 Å². The summed E-state index contributed by atoms with van der Waals surface area (Å²) >= 11 is 2.17. The summed E-state index contributed by atoms with van der Waals surface area (Å²) in [5.74, 6) is 2.23. The van der Waals surface area contributed by atoms with E-state index in [0.717, 1.165) is 30.4 Å². The van der Waals surface area contributed by atoms with Crippen molar-refractivity contribution in [1.29, 1.82) is 0 Å². The van der Waals surface area contributed by atoms with Gasteiger partial charge in [0.1, 0.15) is 0 Å². The van der Waals surface area contributed by atoms with Gasteiger partial charge < -0.3 is 10.1 Å². The van der Waals surface area contributed by atoms with E-state index in [9.17, 15) is 0 Å². The quantitative estimate of drug-likeness (QED) is 0.647. The normalized spacial score (nSPS) is 28.5. The number of methoxy groups -OCH3 is 1. The molecule has 108 valence electrons. The van der Waals surface area contributed by atoms with Gasteiger partial charge in [-0.05, 0) is 43.9 Å². The number of nitrogens with one attached hydrogen (secondary N) is 1. The van der Waals surface area contributed by atoms with E-state index in [-0.39, 0.29) is 0 Å². The van der Waals surface area contributed by atoms with Crippen molar-refractivity contribution in [3.05, 3.63) is 0 Å². The molecule has 1 saturated carbocycles. The van der Waals surface area contributed by atoms with Gasteiger partial charge in [0.05, 0.1) is 0 Å². The van der Waals surface area contributed by atoms with E-state index in [4.69, 9.17) is 4.74 Å². The lowest BCUT2D eigenvalue weighted by Gasteiger charge is -2.36. The van der Waals surface area contributed by atoms with Crippen LogP contribution in [0.4, 0.5) is 0 Å². The molecule has 0 aromatic heterocycles. The van der Waals surface area contributed by atoms with Gasteiger partial charge in [-0.25, -0.2) is 0 Å². The number of hydrogen-bond donors (Lipinski definition) is 1. The summed E-state index contributed by atoms with van der Waals surface area (Å²) < 4.78 is 5.14. The van der Waals surface area contributed by atoms with Crippen molar-refractivity contribution in [2.75, 3.05) is 26.0 Å². The average Bonchev–Trinajstić information content (AvgIpc) is 2.38. The number of hydrogen-bond acceptors (Lipinski definition) is 3. The van der Waals surface area contributed by atoms with Gasteiger partial charge in [0.15, 0.2) is 0 Å². The van der Waals surface area contributed by atoms with Crippen LogP contribution in [0, 0.1) is 5.92 Å². The zero-order valence-electron chi connectivity index (χ0n) is 12.4. The largest absolute Gasteiger partial charge is 0.385 e. The zero-order chi connectivity index (χ0) is 13.2. The van der Waals surface area contributed by atoms with Crippen LogP contribution in [0.1, 0.15) is 52.4 Å². The SMILES string of the molecule is CCCC1CCC(NCC)C(SCCCOC)C1. The molecule has 1 rings (SSSR count). The summed E-state index contributed by atoms with van der Waals surface area (Å²) in [4.78, 5) is 0. The number of rotatable bonds is 9. The predicted molar refractivity (Wildman–Crippen MR) is 82.5 cm³/mol. The van der Waals surface area contributed by atoms with Crippen molar-refractivity contribution in [2.24, 2.45) is 5.92 Å². The Morgan fingerprint density at radius 2 is 2.11 bits per heavy atom. The number of ether oxygens (including phenoxy) is 1. The molecule has 0 heterocycles. The smallest absolute Gasteiger partial charge is 0.0470 e. The Balaban J connectivity index is 2.34. The summed E-state index contributed by atoms with van der Waals surface area (Å²) in [6.45, 7) is 6.56. The second-order valence-electron chi connectivity index (χ2n) is 5.39. The van der Waals surface area contributed by atoms with Crippen molar-refractivity contribution in [1.82, 2.24) is 5.32 Å². The van der Waals surface area contributed by atoms with Crippen LogP contribution in [0.2, 0.25) is 0 Å². The standard InChI is InChI=1S/C15H31NOS/c1-4-7-13-8-9-14(16-5-2)15(12-13)18-11-6-10-17-3/h13-16H,4-12H2,1-3H3. The molecule has 1 N–H and O–H groups in total. The Morgan fingerprint density at radius 3 is 2.78 bits per heavy atom. The summed E-state index contributed by atoms with van der Waals surface area (Å²) in [6, 6.07) is 0.746. The van der Waals surface area contributed by atoms with E-state index < -0.39 is 0 Å². The Labute approximate surface area is 118 Å². The lowest BCUT2D eigenvalue weighted by molar-refractivity contribution is 0.200. The Hall–Kier alpha value is 0.270. The molecule has 3 heteroatoms. The van der Waals surface area contributed by atoms with Gasteiger partial charge in [-0.3, -0.25) is 0 Å². The lowest BCUT2D eigenvalue weighted by Crippen LogP contribution is -2.42. The highest BCUT2D eigenvalue weighted by atomic mass is 32.2. The van der Waals surface area contributed by atoms with Crippen molar-refractivity contribution >= 4 is 11.8 Å². The Bertz CT molecular complexity index is 201. The molecule has 0 radical (unpaired) electrons. The molecule has 18 heavy (non-hydrogen) atoms. The first kappa shape index (κ1) is 16.3. The Kier molecular flexibility index (Phi) is 9.16.